The van der Waals surface area contributed by atoms with Crippen molar-refractivity contribution in [3.63, 3.8) is 0 Å². The van der Waals surface area contributed by atoms with Crippen molar-refractivity contribution in [2.75, 3.05) is 13.1 Å². The van der Waals surface area contributed by atoms with Gasteiger partial charge in [0.25, 0.3) is 11.8 Å². The largest absolute Gasteiger partial charge is 0.364 e. The lowest BCUT2D eigenvalue weighted by atomic mass is 10.2. The Kier molecular flexibility index (Phi) is 4.60. The third-order valence-electron chi connectivity index (χ3n) is 4.43. The number of hydrogen-bond donors (Lipinski definition) is 2. The quantitative estimate of drug-likeness (QED) is 0.657. The van der Waals surface area contributed by atoms with Gasteiger partial charge in [-0.3, -0.25) is 4.79 Å². The third-order valence-corrected chi connectivity index (χ3v) is 4.43. The Labute approximate surface area is 162 Å². The van der Waals surface area contributed by atoms with Crippen molar-refractivity contribution in [3.8, 4) is 0 Å². The van der Waals surface area contributed by atoms with E-state index in [-0.39, 0.29) is 19.0 Å². The van der Waals surface area contributed by atoms with Gasteiger partial charge in [-0.2, -0.15) is 5.10 Å². The van der Waals surface area contributed by atoms with E-state index < -0.39 is 25.0 Å². The van der Waals surface area contributed by atoms with E-state index in [2.05, 4.69) is 25.9 Å². The van der Waals surface area contributed by atoms with Crippen LogP contribution in [0.5, 0.6) is 0 Å². The molecule has 1 aliphatic heterocycles. The molecule has 3 aromatic heterocycles. The molecule has 1 aliphatic rings. The smallest absolute Gasteiger partial charge is 0.318 e. The average Bonchev–Trinajstić information content (AvgIpc) is 3.28. The van der Waals surface area contributed by atoms with Gasteiger partial charge in [-0.05, 0) is 18.6 Å². The van der Waals surface area contributed by atoms with Gasteiger partial charge in [0, 0.05) is 6.54 Å². The number of carbonyl (C=O) groups excluding carboxylic acids is 2. The summed E-state index contributed by atoms with van der Waals surface area (Å²) in [5.74, 6) is -3.32. The van der Waals surface area contributed by atoms with E-state index in [0.717, 1.165) is 4.90 Å². The minimum atomic E-state index is -2.98. The molecule has 2 N–H and O–H groups in total. The molecule has 4 heterocycles. The molecule has 12 heteroatoms. The normalized spacial score (nSPS) is 16.1. The highest BCUT2D eigenvalue weighted by molar-refractivity contribution is 5.94. The van der Waals surface area contributed by atoms with Crippen LogP contribution in [0.15, 0.2) is 29.2 Å². The molecular weight excluding hydrogens is 388 g/mol. The van der Waals surface area contributed by atoms with E-state index in [0.29, 0.717) is 28.2 Å². The van der Waals surface area contributed by atoms with Crippen LogP contribution < -0.4 is 10.6 Å². The van der Waals surface area contributed by atoms with Gasteiger partial charge in [0.05, 0.1) is 43.4 Å². The molecule has 0 spiro atoms. The average molecular weight is 405 g/mol. The Morgan fingerprint density at radius 3 is 3.03 bits per heavy atom. The second-order valence-electron chi connectivity index (χ2n) is 6.77. The lowest BCUT2D eigenvalue weighted by Gasteiger charge is -2.32. The van der Waals surface area contributed by atoms with Gasteiger partial charge in [0.2, 0.25) is 0 Å². The predicted octanol–water partition coefficient (Wildman–Crippen LogP) is 1.12. The van der Waals surface area contributed by atoms with Gasteiger partial charge < -0.3 is 20.1 Å². The van der Waals surface area contributed by atoms with E-state index in [1.807, 2.05) is 0 Å². The molecule has 0 saturated carbocycles. The van der Waals surface area contributed by atoms with Crippen molar-refractivity contribution in [2.24, 2.45) is 0 Å². The van der Waals surface area contributed by atoms with E-state index in [9.17, 15) is 18.4 Å². The SMILES string of the molecule is Cc1nocc1C(=O)NCc1cn2ncc(CN3CC(F)(F)CNC3=O)cc2n1. The van der Waals surface area contributed by atoms with Gasteiger partial charge in [0.15, 0.2) is 5.65 Å². The number of nitrogens with one attached hydrogen (secondary N) is 2. The van der Waals surface area contributed by atoms with Crippen LogP contribution in [0.1, 0.15) is 27.3 Å². The molecule has 10 nitrogen and oxygen atoms in total. The van der Waals surface area contributed by atoms with Crippen molar-refractivity contribution in [3.05, 3.63) is 47.2 Å². The number of imidazole rings is 1. The molecular formula is C17H17F2N7O3. The van der Waals surface area contributed by atoms with E-state index >= 15 is 0 Å². The van der Waals surface area contributed by atoms with Crippen molar-refractivity contribution in [1.29, 1.82) is 0 Å². The fourth-order valence-corrected chi connectivity index (χ4v) is 2.98. The lowest BCUT2D eigenvalue weighted by molar-refractivity contribution is -0.0367. The Bertz CT molecular complexity index is 1080. The minimum absolute atomic E-state index is 0.0172. The maximum Gasteiger partial charge on any atom is 0.318 e. The van der Waals surface area contributed by atoms with Crippen LogP contribution in [0.2, 0.25) is 0 Å². The summed E-state index contributed by atoms with van der Waals surface area (Å²) in [6.07, 6.45) is 4.39. The van der Waals surface area contributed by atoms with E-state index in [4.69, 9.17) is 4.52 Å². The molecule has 1 saturated heterocycles. The standard InChI is InChI=1S/C17H17F2N7O3/c1-10-13(7-29-24-10)15(27)20-4-12-6-26-14(23-12)2-11(3-22-26)5-25-9-17(18,19)8-21-16(25)28/h2-3,6-7H,4-5,8-9H2,1H3,(H,20,27)(H,21,28). The van der Waals surface area contributed by atoms with Crippen molar-refractivity contribution in [1.82, 2.24) is 35.3 Å². The highest BCUT2D eigenvalue weighted by Gasteiger charge is 2.38. The maximum atomic E-state index is 13.5. The molecule has 0 atom stereocenters. The number of rotatable bonds is 5. The zero-order valence-electron chi connectivity index (χ0n) is 15.4. The Hall–Kier alpha value is -3.57. The first-order valence-electron chi connectivity index (χ1n) is 8.74. The topological polar surface area (TPSA) is 118 Å². The van der Waals surface area contributed by atoms with Crippen molar-refractivity contribution in [2.45, 2.75) is 25.9 Å². The van der Waals surface area contributed by atoms with Gasteiger partial charge in [-0.15, -0.1) is 0 Å². The molecule has 0 aliphatic carbocycles. The second-order valence-corrected chi connectivity index (χ2v) is 6.77. The first-order chi connectivity index (χ1) is 13.8. The summed E-state index contributed by atoms with van der Waals surface area (Å²) in [6, 6.07) is 1.11. The minimum Gasteiger partial charge on any atom is -0.364 e. The summed E-state index contributed by atoms with van der Waals surface area (Å²) >= 11 is 0. The van der Waals surface area contributed by atoms with Crippen LogP contribution in [-0.2, 0) is 13.1 Å². The molecule has 3 amide bonds. The van der Waals surface area contributed by atoms with Crippen LogP contribution in [0.4, 0.5) is 13.6 Å². The summed E-state index contributed by atoms with van der Waals surface area (Å²) in [6.45, 7) is 0.480. The van der Waals surface area contributed by atoms with Crippen molar-refractivity contribution < 1.29 is 22.9 Å². The molecule has 1 fully saturated rings. The first-order valence-corrected chi connectivity index (χ1v) is 8.74. The molecule has 4 rings (SSSR count). The predicted molar refractivity (Wildman–Crippen MR) is 94.2 cm³/mol. The number of halogens is 2. The molecule has 3 aromatic rings. The number of alkyl halides is 2. The number of hydrogen-bond acceptors (Lipinski definition) is 6. The number of carbonyl (C=O) groups is 2. The summed E-state index contributed by atoms with van der Waals surface area (Å²) in [5, 5.41) is 12.7. The number of fused-ring (bicyclic) bond motifs is 1. The summed E-state index contributed by atoms with van der Waals surface area (Å²) in [4.78, 5) is 29.3. The Balaban J connectivity index is 1.44. The van der Waals surface area contributed by atoms with Gasteiger partial charge >= 0.3 is 6.03 Å². The van der Waals surface area contributed by atoms with Crippen LogP contribution in [0.25, 0.3) is 5.65 Å². The molecule has 152 valence electrons. The molecule has 29 heavy (non-hydrogen) atoms. The summed E-state index contributed by atoms with van der Waals surface area (Å²) < 4.78 is 33.3. The Morgan fingerprint density at radius 2 is 2.28 bits per heavy atom. The summed E-state index contributed by atoms with van der Waals surface area (Å²) in [5.41, 5.74) is 2.41. The fraction of sp³-hybridized carbons (Fsp3) is 0.353. The zero-order chi connectivity index (χ0) is 20.6. The monoisotopic (exact) mass is 405 g/mol. The van der Waals surface area contributed by atoms with Gasteiger partial charge in [0.1, 0.15) is 11.8 Å². The van der Waals surface area contributed by atoms with Gasteiger partial charge in [-0.1, -0.05) is 5.16 Å². The zero-order valence-corrected chi connectivity index (χ0v) is 15.4. The number of aryl methyl sites for hydroxylation is 1. The fourth-order valence-electron chi connectivity index (χ4n) is 2.98. The molecule has 0 aromatic carbocycles. The third kappa shape index (κ3) is 4.00. The number of amides is 3. The highest BCUT2D eigenvalue weighted by atomic mass is 19.3. The van der Waals surface area contributed by atoms with E-state index in [1.54, 1.807) is 19.2 Å². The molecule has 0 radical (unpaired) electrons. The van der Waals surface area contributed by atoms with Crippen LogP contribution in [0.3, 0.4) is 0 Å². The number of aromatic nitrogens is 4. The lowest BCUT2D eigenvalue weighted by Crippen LogP contribution is -2.56. The first kappa shape index (κ1) is 18.8. The number of urea groups is 1. The van der Waals surface area contributed by atoms with Crippen LogP contribution in [-0.4, -0.2) is 55.6 Å². The van der Waals surface area contributed by atoms with Gasteiger partial charge in [-0.25, -0.2) is 23.1 Å². The summed E-state index contributed by atoms with van der Waals surface area (Å²) in [7, 11) is 0. The van der Waals surface area contributed by atoms with E-state index in [1.165, 1.54) is 17.0 Å². The highest BCUT2D eigenvalue weighted by Crippen LogP contribution is 2.20. The molecule has 0 unspecified atom stereocenters. The number of nitrogens with zero attached hydrogens (tertiary/aromatic N) is 5. The van der Waals surface area contributed by atoms with Crippen molar-refractivity contribution >= 4 is 17.6 Å². The maximum absolute atomic E-state index is 13.5. The van der Waals surface area contributed by atoms with Crippen LogP contribution >= 0.6 is 0 Å². The van der Waals surface area contributed by atoms with Crippen LogP contribution in [0, 0.1) is 6.92 Å². The second kappa shape index (κ2) is 7.11. The Morgan fingerprint density at radius 1 is 1.45 bits per heavy atom. The molecule has 0 bridgehead atoms.